The first-order valence-electron chi connectivity index (χ1n) is 6.25. The third kappa shape index (κ3) is 3.62. The highest BCUT2D eigenvalue weighted by molar-refractivity contribution is 7.99. The molecule has 1 aromatic rings. The molecule has 2 unspecified atom stereocenters. The highest BCUT2D eigenvalue weighted by Crippen LogP contribution is 2.28. The van der Waals surface area contributed by atoms with Crippen molar-refractivity contribution in [2.75, 3.05) is 11.5 Å². The summed E-state index contributed by atoms with van der Waals surface area (Å²) in [5.74, 6) is 5.69. The van der Waals surface area contributed by atoms with E-state index < -0.39 is 6.10 Å². The summed E-state index contributed by atoms with van der Waals surface area (Å²) in [4.78, 5) is 12.5. The Morgan fingerprint density at radius 2 is 2.32 bits per heavy atom. The summed E-state index contributed by atoms with van der Waals surface area (Å²) in [6, 6.07) is 5.99. The molecule has 1 heterocycles. The lowest BCUT2D eigenvalue weighted by Crippen LogP contribution is -2.39. The SMILES string of the molecule is Cc1cc(SCC2CCC(C(=O)NN)O2)ccc1N. The molecule has 1 aliphatic rings. The fraction of sp³-hybridized carbons (Fsp3) is 0.462. The monoisotopic (exact) mass is 281 g/mol. The number of thioether (sulfide) groups is 1. The van der Waals surface area contributed by atoms with Gasteiger partial charge in [0.1, 0.15) is 6.10 Å². The van der Waals surface area contributed by atoms with Gasteiger partial charge in [0.05, 0.1) is 6.10 Å². The predicted octanol–water partition coefficient (Wildman–Crippen LogP) is 1.21. The number of nitrogen functional groups attached to an aromatic ring is 1. The van der Waals surface area contributed by atoms with Gasteiger partial charge in [0.2, 0.25) is 0 Å². The molecule has 0 saturated carbocycles. The number of rotatable bonds is 4. The first kappa shape index (κ1) is 14.2. The van der Waals surface area contributed by atoms with Crippen LogP contribution in [0.5, 0.6) is 0 Å². The largest absolute Gasteiger partial charge is 0.399 e. The molecule has 1 amide bonds. The van der Waals surface area contributed by atoms with Crippen molar-refractivity contribution >= 4 is 23.4 Å². The second-order valence-corrected chi connectivity index (χ2v) is 5.76. The van der Waals surface area contributed by atoms with Crippen LogP contribution < -0.4 is 17.0 Å². The zero-order valence-corrected chi connectivity index (χ0v) is 11.7. The Hall–Kier alpha value is -1.24. The number of amides is 1. The minimum absolute atomic E-state index is 0.102. The summed E-state index contributed by atoms with van der Waals surface area (Å²) in [6.07, 6.45) is 1.32. The lowest BCUT2D eigenvalue weighted by atomic mass is 10.2. The van der Waals surface area contributed by atoms with Crippen LogP contribution in [0.4, 0.5) is 5.69 Å². The molecule has 19 heavy (non-hydrogen) atoms. The van der Waals surface area contributed by atoms with Crippen LogP contribution in [-0.2, 0) is 9.53 Å². The van der Waals surface area contributed by atoms with Crippen LogP contribution in [0, 0.1) is 6.92 Å². The van der Waals surface area contributed by atoms with Gasteiger partial charge in [-0.05, 0) is 43.5 Å². The molecule has 1 aromatic carbocycles. The number of carbonyl (C=O) groups is 1. The van der Waals surface area contributed by atoms with Crippen LogP contribution in [0.3, 0.4) is 0 Å². The average molecular weight is 281 g/mol. The molecule has 5 N–H and O–H groups in total. The number of ether oxygens (including phenoxy) is 1. The van der Waals surface area contributed by atoms with Gasteiger partial charge in [-0.3, -0.25) is 10.2 Å². The Balaban J connectivity index is 1.83. The van der Waals surface area contributed by atoms with Crippen LogP contribution in [0.15, 0.2) is 23.1 Å². The summed E-state index contributed by atoms with van der Waals surface area (Å²) >= 11 is 1.72. The summed E-state index contributed by atoms with van der Waals surface area (Å²) in [7, 11) is 0. The Labute approximate surface area is 117 Å². The molecule has 1 saturated heterocycles. The van der Waals surface area contributed by atoms with E-state index in [0.717, 1.165) is 29.8 Å². The van der Waals surface area contributed by atoms with Crippen molar-refractivity contribution in [3.8, 4) is 0 Å². The van der Waals surface area contributed by atoms with E-state index in [1.165, 1.54) is 4.90 Å². The Kier molecular flexibility index (Phi) is 4.68. The van der Waals surface area contributed by atoms with Crippen molar-refractivity contribution in [1.29, 1.82) is 0 Å². The Bertz CT molecular complexity index is 467. The van der Waals surface area contributed by atoms with Crippen molar-refractivity contribution < 1.29 is 9.53 Å². The van der Waals surface area contributed by atoms with Crippen LogP contribution >= 0.6 is 11.8 Å². The van der Waals surface area contributed by atoms with E-state index in [1.54, 1.807) is 11.8 Å². The number of hydrogen-bond acceptors (Lipinski definition) is 5. The van der Waals surface area contributed by atoms with Crippen LogP contribution in [0.2, 0.25) is 0 Å². The first-order valence-corrected chi connectivity index (χ1v) is 7.23. The molecule has 2 atom stereocenters. The molecule has 0 aliphatic carbocycles. The van der Waals surface area contributed by atoms with Gasteiger partial charge in [0.25, 0.3) is 5.91 Å². The predicted molar refractivity (Wildman–Crippen MR) is 76.5 cm³/mol. The van der Waals surface area contributed by atoms with E-state index in [0.29, 0.717) is 0 Å². The van der Waals surface area contributed by atoms with E-state index >= 15 is 0 Å². The van der Waals surface area contributed by atoms with E-state index in [2.05, 4.69) is 11.5 Å². The van der Waals surface area contributed by atoms with E-state index in [1.807, 2.05) is 19.1 Å². The molecule has 0 spiro atoms. The number of nitrogens with two attached hydrogens (primary N) is 2. The number of benzene rings is 1. The molecule has 1 aliphatic heterocycles. The van der Waals surface area contributed by atoms with Gasteiger partial charge >= 0.3 is 0 Å². The lowest BCUT2D eigenvalue weighted by molar-refractivity contribution is -0.131. The number of carbonyl (C=O) groups excluding carboxylic acids is 1. The van der Waals surface area contributed by atoms with Crippen molar-refractivity contribution in [3.05, 3.63) is 23.8 Å². The maximum atomic E-state index is 11.3. The van der Waals surface area contributed by atoms with E-state index in [-0.39, 0.29) is 12.0 Å². The number of anilines is 1. The van der Waals surface area contributed by atoms with E-state index in [9.17, 15) is 4.79 Å². The molecular weight excluding hydrogens is 262 g/mol. The Morgan fingerprint density at radius 1 is 1.53 bits per heavy atom. The highest BCUT2D eigenvalue weighted by Gasteiger charge is 2.30. The number of nitrogens with one attached hydrogen (secondary N) is 1. The van der Waals surface area contributed by atoms with Gasteiger partial charge in [0.15, 0.2) is 0 Å². The molecule has 2 rings (SSSR count). The third-order valence-corrected chi connectivity index (χ3v) is 4.35. The molecular formula is C13H19N3O2S. The smallest absolute Gasteiger partial charge is 0.263 e. The van der Waals surface area contributed by atoms with Crippen molar-refractivity contribution in [1.82, 2.24) is 5.43 Å². The topological polar surface area (TPSA) is 90.4 Å². The second kappa shape index (κ2) is 6.27. The summed E-state index contributed by atoms with van der Waals surface area (Å²) in [5, 5.41) is 0. The minimum atomic E-state index is -0.399. The van der Waals surface area contributed by atoms with Crippen molar-refractivity contribution in [3.63, 3.8) is 0 Å². The van der Waals surface area contributed by atoms with Gasteiger partial charge < -0.3 is 10.5 Å². The zero-order valence-electron chi connectivity index (χ0n) is 10.9. The molecule has 0 bridgehead atoms. The minimum Gasteiger partial charge on any atom is -0.399 e. The van der Waals surface area contributed by atoms with Gasteiger partial charge in [-0.15, -0.1) is 11.8 Å². The summed E-state index contributed by atoms with van der Waals surface area (Å²) in [6.45, 7) is 1.99. The third-order valence-electron chi connectivity index (χ3n) is 3.22. The van der Waals surface area contributed by atoms with Crippen LogP contribution in [0.1, 0.15) is 18.4 Å². The fourth-order valence-corrected chi connectivity index (χ4v) is 3.09. The summed E-state index contributed by atoms with van der Waals surface area (Å²) in [5.41, 5.74) is 9.80. The maximum absolute atomic E-state index is 11.3. The van der Waals surface area contributed by atoms with Crippen LogP contribution in [-0.4, -0.2) is 23.9 Å². The molecule has 0 aromatic heterocycles. The standard InChI is InChI=1S/C13H19N3O2S/c1-8-6-10(3-4-11(8)14)19-7-9-2-5-12(18-9)13(17)16-15/h3-4,6,9,12H,2,5,7,14-15H2,1H3,(H,16,17). The van der Waals surface area contributed by atoms with Gasteiger partial charge in [-0.1, -0.05) is 0 Å². The number of hydrogen-bond donors (Lipinski definition) is 3. The molecule has 5 nitrogen and oxygen atoms in total. The molecule has 1 fully saturated rings. The maximum Gasteiger partial charge on any atom is 0.263 e. The van der Waals surface area contributed by atoms with Gasteiger partial charge in [-0.2, -0.15) is 0 Å². The Morgan fingerprint density at radius 3 is 3.00 bits per heavy atom. The molecule has 104 valence electrons. The zero-order chi connectivity index (χ0) is 13.8. The average Bonchev–Trinajstić information content (AvgIpc) is 2.88. The van der Waals surface area contributed by atoms with Crippen molar-refractivity contribution in [2.24, 2.45) is 5.84 Å². The van der Waals surface area contributed by atoms with Gasteiger partial charge in [-0.25, -0.2) is 5.84 Å². The molecule has 0 radical (unpaired) electrons. The number of aryl methyl sites for hydroxylation is 1. The second-order valence-electron chi connectivity index (χ2n) is 4.66. The first-order chi connectivity index (χ1) is 9.10. The van der Waals surface area contributed by atoms with Crippen molar-refractivity contribution in [2.45, 2.75) is 36.9 Å². The van der Waals surface area contributed by atoms with Gasteiger partial charge in [0, 0.05) is 16.3 Å². The van der Waals surface area contributed by atoms with E-state index in [4.69, 9.17) is 16.3 Å². The van der Waals surface area contributed by atoms with Crippen LogP contribution in [0.25, 0.3) is 0 Å². The molecule has 6 heteroatoms. The number of hydrazine groups is 1. The summed E-state index contributed by atoms with van der Waals surface area (Å²) < 4.78 is 5.65. The fourth-order valence-electron chi connectivity index (χ4n) is 2.04. The quantitative estimate of drug-likeness (QED) is 0.254. The highest BCUT2D eigenvalue weighted by atomic mass is 32.2. The lowest BCUT2D eigenvalue weighted by Gasteiger charge is -2.12. The normalized spacial score (nSPS) is 22.4.